The van der Waals surface area contributed by atoms with Crippen molar-refractivity contribution in [2.24, 2.45) is 0 Å². The van der Waals surface area contributed by atoms with Gasteiger partial charge in [-0.1, -0.05) is 29.3 Å². The van der Waals surface area contributed by atoms with E-state index in [1.54, 1.807) is 37.4 Å². The number of hydrogen-bond acceptors (Lipinski definition) is 5. The van der Waals surface area contributed by atoms with E-state index in [4.69, 9.17) is 32.5 Å². The molecule has 2 atom stereocenters. The van der Waals surface area contributed by atoms with E-state index in [9.17, 15) is 8.42 Å². The van der Waals surface area contributed by atoms with Crippen LogP contribution in [0.5, 0.6) is 0 Å². The van der Waals surface area contributed by atoms with Gasteiger partial charge in [-0.3, -0.25) is 4.84 Å². The third-order valence-electron chi connectivity index (χ3n) is 3.89. The van der Waals surface area contributed by atoms with Crippen molar-refractivity contribution in [3.63, 3.8) is 0 Å². The highest BCUT2D eigenvalue weighted by Crippen LogP contribution is 2.37. The van der Waals surface area contributed by atoms with Crippen molar-refractivity contribution < 1.29 is 17.7 Å². The molecule has 9 heteroatoms. The summed E-state index contributed by atoms with van der Waals surface area (Å²) in [6, 6.07) is 7.85. The summed E-state index contributed by atoms with van der Waals surface area (Å²) in [5.41, 5.74) is 0.648. The highest BCUT2D eigenvalue weighted by atomic mass is 35.5. The van der Waals surface area contributed by atoms with Gasteiger partial charge in [0.1, 0.15) is 11.0 Å². The summed E-state index contributed by atoms with van der Waals surface area (Å²) < 4.78 is 33.1. The molecular formula is C15H16Cl2N2O4S. The van der Waals surface area contributed by atoms with E-state index in [1.165, 1.54) is 11.3 Å². The van der Waals surface area contributed by atoms with Crippen molar-refractivity contribution in [1.82, 2.24) is 9.79 Å². The predicted octanol–water partition coefficient (Wildman–Crippen LogP) is 2.99. The second kappa shape index (κ2) is 7.03. The molecule has 3 rings (SSSR count). The van der Waals surface area contributed by atoms with Crippen LogP contribution in [0, 0.1) is 0 Å². The van der Waals surface area contributed by atoms with Crippen LogP contribution < -0.4 is 4.72 Å². The number of nitrogens with zero attached hydrogens (tertiary/aromatic N) is 1. The molecule has 6 nitrogen and oxygen atoms in total. The van der Waals surface area contributed by atoms with Crippen LogP contribution in [0.3, 0.4) is 0 Å². The van der Waals surface area contributed by atoms with Gasteiger partial charge in [0.2, 0.25) is 10.0 Å². The molecule has 1 N–H and O–H groups in total. The molecule has 130 valence electrons. The maximum Gasteiger partial charge on any atom is 0.219 e. The van der Waals surface area contributed by atoms with Gasteiger partial charge in [0, 0.05) is 17.1 Å². The first-order chi connectivity index (χ1) is 11.4. The zero-order chi connectivity index (χ0) is 17.3. The van der Waals surface area contributed by atoms with Gasteiger partial charge in [-0.05, 0) is 29.8 Å². The SMILES string of the molecule is CN1OCC(S(=O)(=O)NCc2ccco2)C1c1ccc(Cl)cc1Cl. The molecule has 0 spiro atoms. The van der Waals surface area contributed by atoms with Gasteiger partial charge >= 0.3 is 0 Å². The molecule has 1 aliphatic rings. The topological polar surface area (TPSA) is 71.8 Å². The van der Waals surface area contributed by atoms with Crippen LogP contribution >= 0.6 is 23.2 Å². The first-order valence-corrected chi connectivity index (χ1v) is 9.50. The maximum absolute atomic E-state index is 12.7. The molecule has 2 aromatic rings. The molecule has 0 saturated carbocycles. The zero-order valence-corrected chi connectivity index (χ0v) is 15.1. The van der Waals surface area contributed by atoms with Gasteiger partial charge in [-0.2, -0.15) is 5.06 Å². The molecular weight excluding hydrogens is 375 g/mol. The second-order valence-electron chi connectivity index (χ2n) is 5.44. The Balaban J connectivity index is 1.85. The number of nitrogens with one attached hydrogen (secondary N) is 1. The maximum atomic E-state index is 12.7. The first-order valence-electron chi connectivity index (χ1n) is 7.20. The summed E-state index contributed by atoms with van der Waals surface area (Å²) in [6.45, 7) is 0.115. The number of furan rings is 1. The zero-order valence-electron chi connectivity index (χ0n) is 12.8. The Morgan fingerprint density at radius 2 is 2.12 bits per heavy atom. The molecule has 1 aliphatic heterocycles. The van der Waals surface area contributed by atoms with Crippen LogP contribution in [-0.4, -0.2) is 32.4 Å². The first kappa shape index (κ1) is 17.7. The largest absolute Gasteiger partial charge is 0.468 e. The summed E-state index contributed by atoms with van der Waals surface area (Å²) in [5, 5.41) is 1.58. The van der Waals surface area contributed by atoms with E-state index in [2.05, 4.69) is 4.72 Å². The molecule has 0 radical (unpaired) electrons. The lowest BCUT2D eigenvalue weighted by molar-refractivity contribution is -0.110. The predicted molar refractivity (Wildman–Crippen MR) is 91.2 cm³/mol. The lowest BCUT2D eigenvalue weighted by atomic mass is 10.0. The van der Waals surface area contributed by atoms with Crippen LogP contribution in [0.1, 0.15) is 17.4 Å². The molecule has 24 heavy (non-hydrogen) atoms. The van der Waals surface area contributed by atoms with E-state index in [0.29, 0.717) is 21.4 Å². The van der Waals surface area contributed by atoms with E-state index in [1.807, 2.05) is 0 Å². The van der Waals surface area contributed by atoms with Crippen molar-refractivity contribution in [2.45, 2.75) is 17.8 Å². The Hall–Kier alpha value is -1.09. The summed E-state index contributed by atoms with van der Waals surface area (Å²) in [5.74, 6) is 0.534. The standard InChI is InChI=1S/C15H16Cl2N2O4S/c1-19-15(12-5-4-10(16)7-13(12)17)14(9-23-19)24(20,21)18-8-11-3-2-6-22-11/h2-7,14-15,18H,8-9H2,1H3. The Kier molecular flexibility index (Phi) is 5.19. The fourth-order valence-electron chi connectivity index (χ4n) is 2.69. The van der Waals surface area contributed by atoms with E-state index in [0.717, 1.165) is 0 Å². The Morgan fingerprint density at radius 3 is 2.79 bits per heavy atom. The average Bonchev–Trinajstić information content (AvgIpc) is 3.15. The fourth-order valence-corrected chi connectivity index (χ4v) is 4.66. The quantitative estimate of drug-likeness (QED) is 0.849. The van der Waals surface area contributed by atoms with Gasteiger partial charge in [-0.25, -0.2) is 13.1 Å². The minimum absolute atomic E-state index is 0.0353. The Labute approximate surface area is 150 Å². The normalized spacial score (nSPS) is 22.1. The van der Waals surface area contributed by atoms with Crippen molar-refractivity contribution >= 4 is 33.2 Å². The molecule has 1 fully saturated rings. The van der Waals surface area contributed by atoms with E-state index in [-0.39, 0.29) is 13.2 Å². The van der Waals surface area contributed by atoms with Crippen molar-refractivity contribution in [2.75, 3.05) is 13.7 Å². The summed E-state index contributed by atoms with van der Waals surface area (Å²) in [4.78, 5) is 5.44. The fraction of sp³-hybridized carbons (Fsp3) is 0.333. The van der Waals surface area contributed by atoms with Crippen LogP contribution in [0.25, 0.3) is 0 Å². The summed E-state index contributed by atoms with van der Waals surface area (Å²) in [6.07, 6.45) is 1.49. The third-order valence-corrected chi connectivity index (χ3v) is 6.19. The summed E-state index contributed by atoms with van der Waals surface area (Å²) >= 11 is 12.2. The number of halogens is 2. The third kappa shape index (κ3) is 3.61. The van der Waals surface area contributed by atoms with Gasteiger partial charge in [0.15, 0.2) is 0 Å². The number of hydroxylamine groups is 2. The number of rotatable bonds is 5. The highest BCUT2D eigenvalue weighted by molar-refractivity contribution is 7.90. The molecule has 0 bridgehead atoms. The van der Waals surface area contributed by atoms with Gasteiger partial charge in [0.05, 0.1) is 25.5 Å². The smallest absolute Gasteiger partial charge is 0.219 e. The molecule has 1 aromatic heterocycles. The number of hydrogen-bond donors (Lipinski definition) is 1. The molecule has 2 heterocycles. The van der Waals surface area contributed by atoms with Crippen LogP contribution in [0.4, 0.5) is 0 Å². The molecule has 2 unspecified atom stereocenters. The molecule has 0 aliphatic carbocycles. The Bertz CT molecular complexity index is 811. The lowest BCUT2D eigenvalue weighted by Crippen LogP contribution is -2.39. The van der Waals surface area contributed by atoms with Crippen molar-refractivity contribution in [3.8, 4) is 0 Å². The van der Waals surface area contributed by atoms with Gasteiger partial charge < -0.3 is 4.42 Å². The number of sulfonamides is 1. The molecule has 0 amide bonds. The molecule has 1 saturated heterocycles. The van der Waals surface area contributed by atoms with E-state index >= 15 is 0 Å². The molecule has 1 aromatic carbocycles. The van der Waals surface area contributed by atoms with E-state index < -0.39 is 21.3 Å². The second-order valence-corrected chi connectivity index (χ2v) is 8.26. The minimum Gasteiger partial charge on any atom is -0.468 e. The number of benzene rings is 1. The van der Waals surface area contributed by atoms with Crippen molar-refractivity contribution in [3.05, 3.63) is 58.0 Å². The van der Waals surface area contributed by atoms with Gasteiger partial charge in [-0.15, -0.1) is 0 Å². The minimum atomic E-state index is -3.66. The average molecular weight is 391 g/mol. The van der Waals surface area contributed by atoms with Crippen molar-refractivity contribution in [1.29, 1.82) is 0 Å². The van der Waals surface area contributed by atoms with Crippen LogP contribution in [-0.2, 0) is 21.4 Å². The van der Waals surface area contributed by atoms with Crippen LogP contribution in [0.15, 0.2) is 41.0 Å². The monoisotopic (exact) mass is 390 g/mol. The van der Waals surface area contributed by atoms with Gasteiger partial charge in [0.25, 0.3) is 0 Å². The Morgan fingerprint density at radius 1 is 1.33 bits per heavy atom. The van der Waals surface area contributed by atoms with Crippen LogP contribution in [0.2, 0.25) is 10.0 Å². The lowest BCUT2D eigenvalue weighted by Gasteiger charge is -2.24. The highest BCUT2D eigenvalue weighted by Gasteiger charge is 2.43. The summed E-state index contributed by atoms with van der Waals surface area (Å²) in [7, 11) is -1.98.